The highest BCUT2D eigenvalue weighted by Crippen LogP contribution is 2.31. The van der Waals surface area contributed by atoms with Gasteiger partial charge in [-0.25, -0.2) is 4.99 Å². The summed E-state index contributed by atoms with van der Waals surface area (Å²) in [6.45, 7) is 5.11. The first-order valence-electron chi connectivity index (χ1n) is 9.26. The maximum absolute atomic E-state index is 10.5. The van der Waals surface area contributed by atoms with E-state index >= 15 is 0 Å². The van der Waals surface area contributed by atoms with Crippen molar-refractivity contribution in [3.63, 3.8) is 0 Å². The Morgan fingerprint density at radius 3 is 2.97 bits per heavy atom. The molecule has 0 unspecified atom stereocenters. The largest absolute Gasteiger partial charge is 0.494 e. The highest BCUT2D eigenvalue weighted by molar-refractivity contribution is 6.13. The van der Waals surface area contributed by atoms with E-state index in [1.165, 1.54) is 0 Å². The number of aromatic hydroxyl groups is 1. The van der Waals surface area contributed by atoms with Crippen molar-refractivity contribution >= 4 is 22.4 Å². The summed E-state index contributed by atoms with van der Waals surface area (Å²) in [5, 5.41) is 15.8. The quantitative estimate of drug-likeness (QED) is 0.490. The van der Waals surface area contributed by atoms with Gasteiger partial charge in [-0.05, 0) is 31.5 Å². The van der Waals surface area contributed by atoms with Crippen LogP contribution in [0.1, 0.15) is 18.1 Å². The fourth-order valence-electron chi connectivity index (χ4n) is 3.27. The topological polar surface area (TPSA) is 101 Å². The number of fused-ring (bicyclic) bond motifs is 1. The molecule has 0 radical (unpaired) electrons. The Morgan fingerprint density at radius 1 is 1.31 bits per heavy atom. The van der Waals surface area contributed by atoms with Crippen LogP contribution in [0.2, 0.25) is 0 Å². The smallest absolute Gasteiger partial charge is 0.198 e. The number of aromatic amines is 1. The molecule has 4 heterocycles. The molecule has 0 bridgehead atoms. The Morgan fingerprint density at radius 2 is 2.17 bits per heavy atom. The second kappa shape index (κ2) is 7.84. The molecule has 0 atom stereocenters. The Labute approximate surface area is 167 Å². The van der Waals surface area contributed by atoms with Crippen LogP contribution in [0.5, 0.6) is 5.88 Å². The van der Waals surface area contributed by atoms with Crippen LogP contribution in [0.25, 0.3) is 22.2 Å². The van der Waals surface area contributed by atoms with Crippen LogP contribution in [-0.2, 0) is 11.3 Å². The first-order chi connectivity index (χ1) is 14.1. The standard InChI is InChI=1S/C21H22N6O2/c1-13-4-6-22-11-16(13)17-10-15-18(12-23-17)25-21(28)20(15)14(2)24-19-5-7-27(26-19)8-9-29-3/h4-7,10-12,25,28H,8-9H2,1-3H3. The fourth-order valence-corrected chi connectivity index (χ4v) is 3.27. The molecular weight excluding hydrogens is 368 g/mol. The van der Waals surface area contributed by atoms with Gasteiger partial charge < -0.3 is 14.8 Å². The van der Waals surface area contributed by atoms with E-state index in [1.807, 2.05) is 38.2 Å². The number of methoxy groups -OCH3 is 1. The number of nitrogens with zero attached hydrogens (tertiary/aromatic N) is 5. The average molecular weight is 390 g/mol. The summed E-state index contributed by atoms with van der Waals surface area (Å²) in [6.07, 6.45) is 7.12. The number of hydrogen-bond acceptors (Lipinski definition) is 6. The van der Waals surface area contributed by atoms with E-state index in [4.69, 9.17) is 4.74 Å². The molecular formula is C21H22N6O2. The van der Waals surface area contributed by atoms with Crippen LogP contribution in [0, 0.1) is 6.92 Å². The summed E-state index contributed by atoms with van der Waals surface area (Å²) in [7, 11) is 1.66. The molecule has 148 valence electrons. The van der Waals surface area contributed by atoms with E-state index < -0.39 is 0 Å². The van der Waals surface area contributed by atoms with E-state index in [-0.39, 0.29) is 5.88 Å². The normalized spacial score (nSPS) is 12.0. The molecule has 0 aliphatic rings. The van der Waals surface area contributed by atoms with Gasteiger partial charge in [0, 0.05) is 42.7 Å². The minimum atomic E-state index is 0.0573. The van der Waals surface area contributed by atoms with Crippen molar-refractivity contribution in [1.29, 1.82) is 0 Å². The second-order valence-electron chi connectivity index (χ2n) is 6.78. The van der Waals surface area contributed by atoms with Crippen LogP contribution in [0.4, 0.5) is 5.82 Å². The molecule has 0 spiro atoms. The number of aliphatic imine (C=N–C) groups is 1. The highest BCUT2D eigenvalue weighted by atomic mass is 16.5. The summed E-state index contributed by atoms with van der Waals surface area (Å²) in [5.74, 6) is 0.631. The molecule has 4 aromatic rings. The number of nitrogens with one attached hydrogen (secondary N) is 1. The molecule has 0 aliphatic carbocycles. The predicted molar refractivity (Wildman–Crippen MR) is 112 cm³/mol. The van der Waals surface area contributed by atoms with Crippen molar-refractivity contribution in [1.82, 2.24) is 24.7 Å². The van der Waals surface area contributed by atoms with E-state index in [0.29, 0.717) is 30.2 Å². The second-order valence-corrected chi connectivity index (χ2v) is 6.78. The Hall–Kier alpha value is -3.52. The van der Waals surface area contributed by atoms with Gasteiger partial charge in [0.25, 0.3) is 0 Å². The summed E-state index contributed by atoms with van der Waals surface area (Å²) < 4.78 is 6.85. The van der Waals surface area contributed by atoms with Gasteiger partial charge in [0.2, 0.25) is 0 Å². The zero-order chi connectivity index (χ0) is 20.4. The van der Waals surface area contributed by atoms with Crippen molar-refractivity contribution in [3.05, 3.63) is 54.1 Å². The lowest BCUT2D eigenvalue weighted by Crippen LogP contribution is -2.04. The minimum absolute atomic E-state index is 0.0573. The van der Waals surface area contributed by atoms with Crippen LogP contribution in [0.3, 0.4) is 0 Å². The maximum Gasteiger partial charge on any atom is 0.198 e. The van der Waals surface area contributed by atoms with E-state index in [9.17, 15) is 5.11 Å². The molecule has 8 nitrogen and oxygen atoms in total. The van der Waals surface area contributed by atoms with E-state index in [0.717, 1.165) is 27.7 Å². The van der Waals surface area contributed by atoms with Gasteiger partial charge >= 0.3 is 0 Å². The summed E-state index contributed by atoms with van der Waals surface area (Å²) in [4.78, 5) is 16.3. The maximum atomic E-state index is 10.5. The number of aromatic nitrogens is 5. The van der Waals surface area contributed by atoms with Crippen molar-refractivity contribution in [2.75, 3.05) is 13.7 Å². The van der Waals surface area contributed by atoms with E-state index in [2.05, 4.69) is 25.0 Å². The SMILES string of the molecule is COCCn1ccc(N=C(C)c2c(O)[nH]c3cnc(-c4cnccc4C)cc23)n1. The third-order valence-electron chi connectivity index (χ3n) is 4.77. The molecule has 0 aliphatic heterocycles. The lowest BCUT2D eigenvalue weighted by molar-refractivity contribution is 0.183. The van der Waals surface area contributed by atoms with Gasteiger partial charge in [-0.1, -0.05) is 0 Å². The van der Waals surface area contributed by atoms with Crippen LogP contribution >= 0.6 is 0 Å². The molecule has 0 saturated heterocycles. The van der Waals surface area contributed by atoms with Gasteiger partial charge in [-0.2, -0.15) is 5.10 Å². The van der Waals surface area contributed by atoms with Crippen LogP contribution < -0.4 is 0 Å². The molecule has 4 aromatic heterocycles. The zero-order valence-electron chi connectivity index (χ0n) is 16.5. The molecule has 0 aromatic carbocycles. The zero-order valence-corrected chi connectivity index (χ0v) is 16.5. The summed E-state index contributed by atoms with van der Waals surface area (Å²) in [6, 6.07) is 5.72. The van der Waals surface area contributed by atoms with Gasteiger partial charge in [-0.15, -0.1) is 0 Å². The van der Waals surface area contributed by atoms with Crippen molar-refractivity contribution in [2.24, 2.45) is 4.99 Å². The Balaban J connectivity index is 1.74. The number of H-pyrrole nitrogens is 1. The number of pyridine rings is 2. The lowest BCUT2D eigenvalue weighted by atomic mass is 10.0. The first-order valence-corrected chi connectivity index (χ1v) is 9.26. The van der Waals surface area contributed by atoms with Gasteiger partial charge in [0.1, 0.15) is 0 Å². The number of hydrogen-bond donors (Lipinski definition) is 2. The van der Waals surface area contributed by atoms with Gasteiger partial charge in [0.15, 0.2) is 11.7 Å². The highest BCUT2D eigenvalue weighted by Gasteiger charge is 2.16. The Kier molecular flexibility index (Phi) is 5.09. The summed E-state index contributed by atoms with van der Waals surface area (Å²) in [5.41, 5.74) is 4.86. The van der Waals surface area contributed by atoms with Gasteiger partial charge in [-0.3, -0.25) is 14.6 Å². The van der Waals surface area contributed by atoms with Crippen molar-refractivity contribution in [3.8, 4) is 17.1 Å². The van der Waals surface area contributed by atoms with Crippen LogP contribution in [-0.4, -0.2) is 49.3 Å². The van der Waals surface area contributed by atoms with E-state index in [1.54, 1.807) is 30.4 Å². The van der Waals surface area contributed by atoms with Crippen molar-refractivity contribution in [2.45, 2.75) is 20.4 Å². The monoisotopic (exact) mass is 390 g/mol. The molecule has 0 amide bonds. The third kappa shape index (κ3) is 3.74. The minimum Gasteiger partial charge on any atom is -0.494 e. The van der Waals surface area contributed by atoms with Gasteiger partial charge in [0.05, 0.1) is 41.8 Å². The molecule has 29 heavy (non-hydrogen) atoms. The molecule has 2 N–H and O–H groups in total. The van der Waals surface area contributed by atoms with Crippen LogP contribution in [0.15, 0.2) is 48.0 Å². The number of aryl methyl sites for hydroxylation is 1. The molecule has 0 saturated carbocycles. The summed E-state index contributed by atoms with van der Waals surface area (Å²) >= 11 is 0. The Bertz CT molecular complexity index is 1190. The molecule has 4 rings (SSSR count). The lowest BCUT2D eigenvalue weighted by Gasteiger charge is -2.05. The van der Waals surface area contributed by atoms with Crippen molar-refractivity contribution < 1.29 is 9.84 Å². The first kappa shape index (κ1) is 18.8. The number of rotatable bonds is 6. The predicted octanol–water partition coefficient (Wildman–Crippen LogP) is 3.62. The molecule has 0 fully saturated rings. The average Bonchev–Trinajstić information content (AvgIpc) is 3.29. The molecule has 8 heteroatoms. The number of ether oxygens (including phenoxy) is 1. The third-order valence-corrected chi connectivity index (χ3v) is 4.77. The fraction of sp³-hybridized carbons (Fsp3) is 0.238.